The highest BCUT2D eigenvalue weighted by Gasteiger charge is 2.55. The maximum atomic E-state index is 12.5. The summed E-state index contributed by atoms with van der Waals surface area (Å²) < 4.78 is 37.7. The molecular formula is C7H7BrF3NOS. The van der Waals surface area contributed by atoms with Crippen LogP contribution in [0.4, 0.5) is 13.2 Å². The van der Waals surface area contributed by atoms with E-state index in [9.17, 15) is 18.3 Å². The molecule has 0 saturated heterocycles. The standard InChI is InChI=1S/C7H7BrF3NOS/c8-5-2-14-1-4(5)6(13,3-12)7(9,10)11/h1-2,13H,3,12H2. The Bertz CT molecular complexity index is 327. The summed E-state index contributed by atoms with van der Waals surface area (Å²) in [6.07, 6.45) is -4.77. The van der Waals surface area contributed by atoms with E-state index in [0.717, 1.165) is 11.3 Å². The first kappa shape index (κ1) is 12.0. The summed E-state index contributed by atoms with van der Waals surface area (Å²) in [4.78, 5) is 0. The van der Waals surface area contributed by atoms with Crippen LogP contribution < -0.4 is 5.73 Å². The number of halogens is 4. The van der Waals surface area contributed by atoms with E-state index in [-0.39, 0.29) is 10.0 Å². The van der Waals surface area contributed by atoms with Crippen LogP contribution in [0.3, 0.4) is 0 Å². The summed E-state index contributed by atoms with van der Waals surface area (Å²) in [5, 5.41) is 12.1. The zero-order valence-electron chi connectivity index (χ0n) is 6.81. The molecule has 0 fully saturated rings. The fourth-order valence-corrected chi connectivity index (χ4v) is 2.65. The SMILES string of the molecule is NCC(O)(c1cscc1Br)C(F)(F)F. The Labute approximate surface area is 90.7 Å². The van der Waals surface area contributed by atoms with Gasteiger partial charge < -0.3 is 10.8 Å². The van der Waals surface area contributed by atoms with Crippen molar-refractivity contribution in [2.45, 2.75) is 11.8 Å². The van der Waals surface area contributed by atoms with Crippen LogP contribution in [0.15, 0.2) is 15.2 Å². The first-order chi connectivity index (χ1) is 6.33. The van der Waals surface area contributed by atoms with E-state index in [0.29, 0.717) is 0 Å². The zero-order chi connectivity index (χ0) is 11.0. The largest absolute Gasteiger partial charge is 0.422 e. The van der Waals surface area contributed by atoms with Crippen molar-refractivity contribution >= 4 is 27.3 Å². The maximum absolute atomic E-state index is 12.5. The monoisotopic (exact) mass is 289 g/mol. The van der Waals surface area contributed by atoms with Gasteiger partial charge in [-0.05, 0) is 21.3 Å². The summed E-state index contributed by atoms with van der Waals surface area (Å²) in [6.45, 7) is -0.897. The second kappa shape index (κ2) is 3.80. The third-order valence-corrected chi connectivity index (χ3v) is 3.53. The van der Waals surface area contributed by atoms with E-state index < -0.39 is 18.3 Å². The van der Waals surface area contributed by atoms with E-state index in [1.54, 1.807) is 0 Å². The lowest BCUT2D eigenvalue weighted by Crippen LogP contribution is -2.48. The van der Waals surface area contributed by atoms with Gasteiger partial charge in [0.05, 0.1) is 0 Å². The summed E-state index contributed by atoms with van der Waals surface area (Å²) >= 11 is 3.99. The molecule has 1 rings (SSSR count). The fourth-order valence-electron chi connectivity index (χ4n) is 0.955. The predicted octanol–water partition coefficient (Wildman–Crippen LogP) is 2.22. The number of hydrogen-bond donors (Lipinski definition) is 2. The average Bonchev–Trinajstić information content (AvgIpc) is 2.48. The van der Waals surface area contributed by atoms with E-state index in [1.807, 2.05) is 0 Å². The lowest BCUT2D eigenvalue weighted by Gasteiger charge is -2.28. The minimum Gasteiger partial charge on any atom is -0.375 e. The molecule has 0 aliphatic carbocycles. The fraction of sp³-hybridized carbons (Fsp3) is 0.429. The van der Waals surface area contributed by atoms with Gasteiger partial charge in [-0.2, -0.15) is 24.5 Å². The van der Waals surface area contributed by atoms with Gasteiger partial charge in [0.15, 0.2) is 5.60 Å². The zero-order valence-corrected chi connectivity index (χ0v) is 9.21. The van der Waals surface area contributed by atoms with Crippen molar-refractivity contribution in [3.63, 3.8) is 0 Å². The molecule has 7 heteroatoms. The Balaban J connectivity index is 3.22. The van der Waals surface area contributed by atoms with Crippen LogP contribution in [0.1, 0.15) is 5.56 Å². The Morgan fingerprint density at radius 1 is 1.43 bits per heavy atom. The molecule has 2 nitrogen and oxygen atoms in total. The molecule has 0 aliphatic rings. The summed E-state index contributed by atoms with van der Waals surface area (Å²) in [5.41, 5.74) is 1.76. The van der Waals surface area contributed by atoms with Crippen LogP contribution >= 0.6 is 27.3 Å². The minimum absolute atomic E-state index is 0.216. The molecule has 1 atom stereocenters. The lowest BCUT2D eigenvalue weighted by molar-refractivity contribution is -0.262. The van der Waals surface area contributed by atoms with Crippen molar-refractivity contribution in [1.82, 2.24) is 0 Å². The number of nitrogens with two attached hydrogens (primary N) is 1. The van der Waals surface area contributed by atoms with E-state index in [2.05, 4.69) is 15.9 Å². The third kappa shape index (κ3) is 1.81. The van der Waals surface area contributed by atoms with Gasteiger partial charge in [0, 0.05) is 22.0 Å². The quantitative estimate of drug-likeness (QED) is 0.877. The summed E-state index contributed by atoms with van der Waals surface area (Å²) in [6, 6.07) is 0. The summed E-state index contributed by atoms with van der Waals surface area (Å²) in [7, 11) is 0. The lowest BCUT2D eigenvalue weighted by atomic mass is 9.96. The van der Waals surface area contributed by atoms with Gasteiger partial charge >= 0.3 is 6.18 Å². The van der Waals surface area contributed by atoms with Gasteiger partial charge in [-0.25, -0.2) is 0 Å². The molecule has 1 aromatic heterocycles. The molecule has 0 amide bonds. The van der Waals surface area contributed by atoms with E-state index in [4.69, 9.17) is 5.73 Å². The van der Waals surface area contributed by atoms with Crippen LogP contribution in [0, 0.1) is 0 Å². The molecule has 1 aromatic rings. The number of thiophene rings is 1. The molecule has 80 valence electrons. The highest BCUT2D eigenvalue weighted by atomic mass is 79.9. The minimum atomic E-state index is -4.77. The van der Waals surface area contributed by atoms with Gasteiger partial charge in [0.25, 0.3) is 0 Å². The summed E-state index contributed by atoms with van der Waals surface area (Å²) in [5.74, 6) is 0. The Kier molecular flexibility index (Phi) is 3.25. The van der Waals surface area contributed by atoms with Gasteiger partial charge in [0.2, 0.25) is 0 Å². The maximum Gasteiger partial charge on any atom is 0.422 e. The van der Waals surface area contributed by atoms with Crippen LogP contribution in [0.5, 0.6) is 0 Å². The first-order valence-electron chi connectivity index (χ1n) is 3.54. The highest BCUT2D eigenvalue weighted by molar-refractivity contribution is 9.10. The van der Waals surface area contributed by atoms with Gasteiger partial charge in [-0.1, -0.05) is 0 Å². The Morgan fingerprint density at radius 3 is 2.29 bits per heavy atom. The van der Waals surface area contributed by atoms with Crippen molar-refractivity contribution in [2.75, 3.05) is 6.54 Å². The van der Waals surface area contributed by atoms with Crippen molar-refractivity contribution in [2.24, 2.45) is 5.73 Å². The normalized spacial score (nSPS) is 16.7. The van der Waals surface area contributed by atoms with Gasteiger partial charge in [-0.15, -0.1) is 0 Å². The number of alkyl halides is 3. The predicted molar refractivity (Wildman–Crippen MR) is 51.0 cm³/mol. The molecule has 0 aromatic carbocycles. The van der Waals surface area contributed by atoms with Crippen LogP contribution in [-0.4, -0.2) is 17.8 Å². The molecule has 1 heterocycles. The van der Waals surface area contributed by atoms with Crippen molar-refractivity contribution in [3.05, 3.63) is 20.8 Å². The highest BCUT2D eigenvalue weighted by Crippen LogP contribution is 2.42. The van der Waals surface area contributed by atoms with Gasteiger partial charge in [0.1, 0.15) is 0 Å². The van der Waals surface area contributed by atoms with E-state index >= 15 is 0 Å². The van der Waals surface area contributed by atoms with E-state index in [1.165, 1.54) is 10.8 Å². The smallest absolute Gasteiger partial charge is 0.375 e. The first-order valence-corrected chi connectivity index (χ1v) is 5.28. The number of aliphatic hydroxyl groups is 1. The molecule has 0 spiro atoms. The molecule has 1 unspecified atom stereocenters. The topological polar surface area (TPSA) is 46.2 Å². The van der Waals surface area contributed by atoms with Crippen LogP contribution in [0.25, 0.3) is 0 Å². The van der Waals surface area contributed by atoms with Crippen molar-refractivity contribution in [3.8, 4) is 0 Å². The second-order valence-corrected chi connectivity index (χ2v) is 4.29. The van der Waals surface area contributed by atoms with Crippen LogP contribution in [-0.2, 0) is 5.60 Å². The molecule has 0 radical (unpaired) electrons. The van der Waals surface area contributed by atoms with Crippen molar-refractivity contribution in [1.29, 1.82) is 0 Å². The van der Waals surface area contributed by atoms with Crippen LogP contribution in [0.2, 0.25) is 0 Å². The number of rotatable bonds is 2. The molecule has 0 saturated carbocycles. The van der Waals surface area contributed by atoms with Crippen molar-refractivity contribution < 1.29 is 18.3 Å². The second-order valence-electron chi connectivity index (χ2n) is 2.70. The average molecular weight is 290 g/mol. The molecule has 14 heavy (non-hydrogen) atoms. The Hall–Kier alpha value is -0.110. The molecular weight excluding hydrogens is 283 g/mol. The number of hydrogen-bond acceptors (Lipinski definition) is 3. The molecule has 0 aliphatic heterocycles. The molecule has 3 N–H and O–H groups in total. The Morgan fingerprint density at radius 2 is 2.00 bits per heavy atom. The molecule has 0 bridgehead atoms. The third-order valence-electron chi connectivity index (χ3n) is 1.82. The van der Waals surface area contributed by atoms with Gasteiger partial charge in [-0.3, -0.25) is 0 Å².